The fourth-order valence-corrected chi connectivity index (χ4v) is 4.84. The van der Waals surface area contributed by atoms with Gasteiger partial charge in [0.25, 0.3) is 11.5 Å². The molecule has 0 unspecified atom stereocenters. The lowest BCUT2D eigenvalue weighted by Crippen LogP contribution is -2.13. The van der Waals surface area contributed by atoms with E-state index in [-0.39, 0.29) is 11.5 Å². The smallest absolute Gasteiger partial charge is 0.271 e. The van der Waals surface area contributed by atoms with Crippen molar-refractivity contribution >= 4 is 44.3 Å². The zero-order valence-corrected chi connectivity index (χ0v) is 21.4. The minimum absolute atomic E-state index is 0.152. The molecule has 0 aliphatic heterocycles. The Labute approximate surface area is 214 Å². The van der Waals surface area contributed by atoms with Crippen molar-refractivity contribution in [3.05, 3.63) is 115 Å². The molecule has 0 amide bonds. The molecule has 0 radical (unpaired) electrons. The summed E-state index contributed by atoms with van der Waals surface area (Å²) in [5.41, 5.74) is 4.34. The summed E-state index contributed by atoms with van der Waals surface area (Å²) < 4.78 is 9.54. The number of ether oxygens (including phenoxy) is 1. The second-order valence-corrected chi connectivity index (χ2v) is 9.56. The number of halogens is 2. The van der Waals surface area contributed by atoms with Crippen LogP contribution in [0.25, 0.3) is 16.6 Å². The van der Waals surface area contributed by atoms with Gasteiger partial charge in [-0.3, -0.25) is 19.3 Å². The predicted molar refractivity (Wildman–Crippen MR) is 141 cm³/mol. The van der Waals surface area contributed by atoms with Crippen molar-refractivity contribution in [2.45, 2.75) is 13.3 Å². The lowest BCUT2D eigenvalue weighted by molar-refractivity contribution is 0.0963. The number of hydrogen-bond acceptors (Lipinski definition) is 3. The van der Waals surface area contributed by atoms with Crippen LogP contribution in [0.1, 0.15) is 27.3 Å². The van der Waals surface area contributed by atoms with Crippen LogP contribution in [0.15, 0.2) is 82.1 Å². The van der Waals surface area contributed by atoms with E-state index >= 15 is 0 Å². The van der Waals surface area contributed by atoms with Gasteiger partial charge in [0.1, 0.15) is 5.75 Å². The van der Waals surface area contributed by atoms with Gasteiger partial charge in [0.15, 0.2) is 0 Å². The molecule has 35 heavy (non-hydrogen) atoms. The molecule has 176 valence electrons. The molecule has 8 heteroatoms. The Hall–Kier alpha value is -3.55. The largest absolute Gasteiger partial charge is 0.497 e. The molecule has 0 fully saturated rings. The van der Waals surface area contributed by atoms with Crippen LogP contribution in [-0.2, 0) is 6.42 Å². The van der Waals surface area contributed by atoms with Crippen molar-refractivity contribution in [1.29, 1.82) is 0 Å². The van der Waals surface area contributed by atoms with Gasteiger partial charge in [-0.1, -0.05) is 33.6 Å². The summed E-state index contributed by atoms with van der Waals surface area (Å²) in [7, 11) is 1.61. The second kappa shape index (κ2) is 9.24. The molecular weight excluding hydrogens is 530 g/mol. The minimum Gasteiger partial charge on any atom is -0.497 e. The van der Waals surface area contributed by atoms with Crippen LogP contribution >= 0.6 is 27.5 Å². The third-order valence-corrected chi connectivity index (χ3v) is 6.79. The Morgan fingerprint density at radius 1 is 1.06 bits per heavy atom. The molecule has 2 aromatic heterocycles. The number of nitrogens with zero attached hydrogens (tertiary/aromatic N) is 2. The van der Waals surface area contributed by atoms with Gasteiger partial charge < -0.3 is 4.74 Å². The van der Waals surface area contributed by atoms with Crippen LogP contribution in [0.5, 0.6) is 5.75 Å². The van der Waals surface area contributed by atoms with Crippen molar-refractivity contribution in [1.82, 2.24) is 14.3 Å². The summed E-state index contributed by atoms with van der Waals surface area (Å²) >= 11 is 9.47. The van der Waals surface area contributed by atoms with E-state index in [0.717, 1.165) is 38.0 Å². The van der Waals surface area contributed by atoms with Crippen LogP contribution < -0.4 is 10.3 Å². The van der Waals surface area contributed by atoms with E-state index < -0.39 is 0 Å². The van der Waals surface area contributed by atoms with E-state index in [1.165, 1.54) is 4.68 Å². The Bertz CT molecular complexity index is 1630. The molecule has 3 aromatic carbocycles. The van der Waals surface area contributed by atoms with Crippen LogP contribution in [0.3, 0.4) is 0 Å². The zero-order valence-electron chi connectivity index (χ0n) is 19.0. The minimum atomic E-state index is -0.158. The van der Waals surface area contributed by atoms with Gasteiger partial charge in [0.05, 0.1) is 18.3 Å². The van der Waals surface area contributed by atoms with E-state index in [4.69, 9.17) is 16.3 Å². The molecule has 0 saturated heterocycles. The number of methoxy groups -OCH3 is 1. The van der Waals surface area contributed by atoms with Crippen LogP contribution in [-0.4, -0.2) is 27.4 Å². The van der Waals surface area contributed by atoms with Crippen LogP contribution in [0, 0.1) is 6.92 Å². The SMILES string of the molecule is COc1ccc2c(c1)c(Cc1cc(=O)n(-c3cccc(Br)c3)[nH]1)c(C)n2C(=O)c1ccc(Cl)cc1. The molecule has 0 saturated carbocycles. The third kappa shape index (κ3) is 4.33. The monoisotopic (exact) mass is 549 g/mol. The van der Waals surface area contributed by atoms with Gasteiger partial charge in [0.2, 0.25) is 0 Å². The van der Waals surface area contributed by atoms with E-state index in [9.17, 15) is 9.59 Å². The quantitative estimate of drug-likeness (QED) is 0.286. The Kier molecular flexibility index (Phi) is 6.13. The fraction of sp³-hybridized carbons (Fsp3) is 0.111. The first kappa shape index (κ1) is 23.2. The number of fused-ring (bicyclic) bond motifs is 1. The summed E-state index contributed by atoms with van der Waals surface area (Å²) in [6.45, 7) is 1.92. The van der Waals surface area contributed by atoms with Crippen LogP contribution in [0.2, 0.25) is 5.02 Å². The number of H-pyrrole nitrogens is 1. The van der Waals surface area contributed by atoms with E-state index in [0.29, 0.717) is 22.8 Å². The zero-order chi connectivity index (χ0) is 24.7. The summed E-state index contributed by atoms with van der Waals surface area (Å²) in [6, 6.07) is 21.6. The lowest BCUT2D eigenvalue weighted by Gasteiger charge is -2.08. The summed E-state index contributed by atoms with van der Waals surface area (Å²) in [5, 5.41) is 4.67. The molecule has 0 aliphatic carbocycles. The van der Waals surface area contributed by atoms with Crippen molar-refractivity contribution < 1.29 is 9.53 Å². The average molecular weight is 551 g/mol. The Morgan fingerprint density at radius 3 is 2.54 bits per heavy atom. The standard InChI is InChI=1S/C27H21BrClN3O3/c1-16-23(13-20-14-26(33)32(30-20)21-5-3-4-18(28)12-21)24-15-22(35-2)10-11-25(24)31(16)27(34)17-6-8-19(29)9-7-17/h3-12,14-15,30H,13H2,1-2H3. The van der Waals surface area contributed by atoms with E-state index in [1.807, 2.05) is 49.4 Å². The third-order valence-electron chi connectivity index (χ3n) is 6.04. The topological polar surface area (TPSA) is 69.0 Å². The van der Waals surface area contributed by atoms with Crippen molar-refractivity contribution in [3.63, 3.8) is 0 Å². The summed E-state index contributed by atoms with van der Waals surface area (Å²) in [5.74, 6) is 0.538. The van der Waals surface area contributed by atoms with E-state index in [2.05, 4.69) is 21.0 Å². The maximum Gasteiger partial charge on any atom is 0.271 e. The molecular formula is C27H21BrClN3O3. The molecule has 0 atom stereocenters. The number of benzene rings is 3. The first-order chi connectivity index (χ1) is 16.9. The number of aromatic nitrogens is 3. The maximum absolute atomic E-state index is 13.5. The molecule has 0 spiro atoms. The molecule has 1 N–H and O–H groups in total. The Morgan fingerprint density at radius 2 is 1.83 bits per heavy atom. The normalized spacial score (nSPS) is 11.2. The lowest BCUT2D eigenvalue weighted by atomic mass is 10.1. The molecule has 2 heterocycles. The van der Waals surface area contributed by atoms with Gasteiger partial charge in [-0.25, -0.2) is 4.68 Å². The van der Waals surface area contributed by atoms with Gasteiger partial charge >= 0.3 is 0 Å². The number of aromatic amines is 1. The highest BCUT2D eigenvalue weighted by atomic mass is 79.9. The first-order valence-corrected chi connectivity index (χ1v) is 12.1. The average Bonchev–Trinajstić information content (AvgIpc) is 3.35. The molecule has 5 aromatic rings. The second-order valence-electron chi connectivity index (χ2n) is 8.21. The van der Waals surface area contributed by atoms with Crippen molar-refractivity contribution in [2.24, 2.45) is 0 Å². The number of hydrogen-bond donors (Lipinski definition) is 1. The highest BCUT2D eigenvalue weighted by Gasteiger charge is 2.21. The number of rotatable bonds is 5. The van der Waals surface area contributed by atoms with Gasteiger partial charge in [0, 0.05) is 44.3 Å². The summed E-state index contributed by atoms with van der Waals surface area (Å²) in [4.78, 5) is 26.3. The molecule has 0 aliphatic rings. The highest BCUT2D eigenvalue weighted by Crippen LogP contribution is 2.31. The van der Waals surface area contributed by atoms with Gasteiger partial charge in [-0.2, -0.15) is 0 Å². The molecule has 0 bridgehead atoms. The fourth-order valence-electron chi connectivity index (χ4n) is 4.33. The number of carbonyl (C=O) groups is 1. The number of nitrogens with one attached hydrogen (secondary N) is 1. The maximum atomic E-state index is 13.5. The van der Waals surface area contributed by atoms with Gasteiger partial charge in [-0.15, -0.1) is 0 Å². The van der Waals surface area contributed by atoms with E-state index in [1.54, 1.807) is 42.0 Å². The predicted octanol–water partition coefficient (Wildman–Crippen LogP) is 6.13. The first-order valence-electron chi connectivity index (χ1n) is 10.9. The van der Waals surface area contributed by atoms with Gasteiger partial charge in [-0.05, 0) is 73.2 Å². The number of carbonyl (C=O) groups excluding carboxylic acids is 1. The van der Waals surface area contributed by atoms with Crippen molar-refractivity contribution in [2.75, 3.05) is 7.11 Å². The summed E-state index contributed by atoms with van der Waals surface area (Å²) in [6.07, 6.45) is 0.437. The molecule has 5 rings (SSSR count). The van der Waals surface area contributed by atoms with Crippen LogP contribution in [0.4, 0.5) is 0 Å². The molecule has 6 nitrogen and oxygen atoms in total. The van der Waals surface area contributed by atoms with Crippen molar-refractivity contribution in [3.8, 4) is 11.4 Å². The Balaban J connectivity index is 1.62. The highest BCUT2D eigenvalue weighted by molar-refractivity contribution is 9.10.